The maximum atomic E-state index is 5.95. The monoisotopic (exact) mass is 231 g/mol. The Morgan fingerprint density at radius 1 is 1.60 bits per heavy atom. The van der Waals surface area contributed by atoms with Crippen LogP contribution >= 0.6 is 11.6 Å². The van der Waals surface area contributed by atoms with Crippen molar-refractivity contribution in [2.45, 2.75) is 12.8 Å². The number of hydrogen-bond donors (Lipinski definition) is 1. The van der Waals surface area contributed by atoms with E-state index in [1.807, 2.05) is 7.05 Å². The fourth-order valence-electron chi connectivity index (χ4n) is 1.46. The number of aryl methyl sites for hydroxylation is 1. The lowest BCUT2D eigenvalue weighted by Crippen LogP contribution is -2.27. The molecule has 0 spiro atoms. The van der Waals surface area contributed by atoms with Crippen LogP contribution in [0.15, 0.2) is 6.20 Å². The van der Waals surface area contributed by atoms with Gasteiger partial charge >= 0.3 is 0 Å². The van der Waals surface area contributed by atoms with Crippen molar-refractivity contribution >= 4 is 11.6 Å². The van der Waals surface area contributed by atoms with Gasteiger partial charge in [0.05, 0.1) is 23.9 Å². The first-order valence-electron chi connectivity index (χ1n) is 4.87. The Balaban J connectivity index is 1.75. The first kappa shape index (κ1) is 10.9. The van der Waals surface area contributed by atoms with Crippen LogP contribution in [0, 0.1) is 0 Å². The number of halogens is 1. The number of hydrogen-bond acceptors (Lipinski definition) is 4. The van der Waals surface area contributed by atoms with Gasteiger partial charge in [0, 0.05) is 26.3 Å². The maximum absolute atomic E-state index is 5.95. The average Bonchev–Trinajstić information content (AvgIpc) is 2.77. The Morgan fingerprint density at radius 2 is 2.33 bits per heavy atom. The van der Waals surface area contributed by atoms with Crippen molar-refractivity contribution in [1.82, 2.24) is 15.1 Å². The van der Waals surface area contributed by atoms with Gasteiger partial charge in [-0.15, -0.1) is 0 Å². The average molecular weight is 232 g/mol. The molecule has 0 saturated carbocycles. The first-order valence-corrected chi connectivity index (χ1v) is 5.25. The lowest BCUT2D eigenvalue weighted by molar-refractivity contribution is -0.0392. The number of aromatic nitrogens is 2. The summed E-state index contributed by atoms with van der Waals surface area (Å²) in [4.78, 5) is 0. The molecule has 15 heavy (non-hydrogen) atoms. The van der Waals surface area contributed by atoms with E-state index >= 15 is 0 Å². The number of rotatable bonds is 4. The molecule has 2 rings (SSSR count). The Hall–Kier alpha value is -0.620. The van der Waals surface area contributed by atoms with E-state index in [4.69, 9.17) is 21.1 Å². The zero-order chi connectivity index (χ0) is 10.7. The number of nitrogens with one attached hydrogen (secondary N) is 1. The largest absolute Gasteiger partial charge is 0.349 e. The van der Waals surface area contributed by atoms with Gasteiger partial charge in [-0.05, 0) is 0 Å². The van der Waals surface area contributed by atoms with Crippen LogP contribution in [0.3, 0.4) is 0 Å². The molecular weight excluding hydrogens is 218 g/mol. The summed E-state index contributed by atoms with van der Waals surface area (Å²) < 4.78 is 12.3. The summed E-state index contributed by atoms with van der Waals surface area (Å²) in [5, 5.41) is 8.08. The predicted molar refractivity (Wildman–Crippen MR) is 55.6 cm³/mol. The van der Waals surface area contributed by atoms with Crippen LogP contribution in [0.2, 0.25) is 5.02 Å². The van der Waals surface area contributed by atoms with Gasteiger partial charge in [0.2, 0.25) is 0 Å². The van der Waals surface area contributed by atoms with Crippen LogP contribution < -0.4 is 5.32 Å². The van der Waals surface area contributed by atoms with E-state index in [9.17, 15) is 0 Å². The zero-order valence-electron chi connectivity index (χ0n) is 8.57. The Bertz CT molecular complexity index is 323. The fourth-order valence-corrected chi connectivity index (χ4v) is 1.70. The summed E-state index contributed by atoms with van der Waals surface area (Å²) in [6.07, 6.45) is 1.65. The molecule has 0 amide bonds. The minimum absolute atomic E-state index is 0.132. The second kappa shape index (κ2) is 4.94. The van der Waals surface area contributed by atoms with Crippen LogP contribution in [0.5, 0.6) is 0 Å². The SMILES string of the molecule is Cn1cc(Cl)c(CNCC2OCCO2)n1. The van der Waals surface area contributed by atoms with E-state index in [-0.39, 0.29) is 6.29 Å². The standard InChI is InChI=1S/C9H14ClN3O2/c1-13-6-7(10)8(12-13)4-11-5-9-14-2-3-15-9/h6,9,11H,2-5H2,1H3. The molecule has 6 heteroatoms. The summed E-state index contributed by atoms with van der Waals surface area (Å²) in [6.45, 7) is 2.64. The van der Waals surface area contributed by atoms with Gasteiger partial charge in [-0.2, -0.15) is 5.10 Å². The molecule has 1 aromatic heterocycles. The third-order valence-electron chi connectivity index (χ3n) is 2.15. The van der Waals surface area contributed by atoms with Crippen molar-refractivity contribution in [2.24, 2.45) is 7.05 Å². The second-order valence-corrected chi connectivity index (χ2v) is 3.81. The Morgan fingerprint density at radius 3 is 2.93 bits per heavy atom. The lowest BCUT2D eigenvalue weighted by atomic mass is 10.4. The normalized spacial score (nSPS) is 17.5. The zero-order valence-corrected chi connectivity index (χ0v) is 9.33. The molecular formula is C9H14ClN3O2. The highest BCUT2D eigenvalue weighted by Crippen LogP contribution is 2.12. The van der Waals surface area contributed by atoms with E-state index in [1.54, 1.807) is 10.9 Å². The van der Waals surface area contributed by atoms with E-state index in [2.05, 4.69) is 10.4 Å². The smallest absolute Gasteiger partial charge is 0.170 e. The maximum Gasteiger partial charge on any atom is 0.170 e. The van der Waals surface area contributed by atoms with Gasteiger partial charge in [0.25, 0.3) is 0 Å². The van der Waals surface area contributed by atoms with Crippen molar-refractivity contribution in [1.29, 1.82) is 0 Å². The van der Waals surface area contributed by atoms with Crippen LogP contribution in [-0.4, -0.2) is 35.8 Å². The van der Waals surface area contributed by atoms with Gasteiger partial charge < -0.3 is 14.8 Å². The first-order chi connectivity index (χ1) is 7.25. The third-order valence-corrected chi connectivity index (χ3v) is 2.46. The molecule has 1 saturated heterocycles. The van der Waals surface area contributed by atoms with Gasteiger partial charge in [-0.25, -0.2) is 0 Å². The summed E-state index contributed by atoms with van der Waals surface area (Å²) in [5.74, 6) is 0. The van der Waals surface area contributed by atoms with Crippen molar-refractivity contribution in [3.05, 3.63) is 16.9 Å². The highest BCUT2D eigenvalue weighted by molar-refractivity contribution is 6.31. The fraction of sp³-hybridized carbons (Fsp3) is 0.667. The van der Waals surface area contributed by atoms with Crippen molar-refractivity contribution in [3.63, 3.8) is 0 Å². The second-order valence-electron chi connectivity index (χ2n) is 3.40. The van der Waals surface area contributed by atoms with E-state index in [0.717, 1.165) is 5.69 Å². The minimum Gasteiger partial charge on any atom is -0.349 e. The molecule has 1 fully saturated rings. The third kappa shape index (κ3) is 2.92. The van der Waals surface area contributed by atoms with Crippen LogP contribution in [0.4, 0.5) is 0 Å². The molecule has 5 nitrogen and oxygen atoms in total. The van der Waals surface area contributed by atoms with Crippen LogP contribution in [0.1, 0.15) is 5.69 Å². The quantitative estimate of drug-likeness (QED) is 0.822. The summed E-state index contributed by atoms with van der Waals surface area (Å²) >= 11 is 5.95. The van der Waals surface area contributed by atoms with Crippen LogP contribution in [-0.2, 0) is 23.1 Å². The Labute approximate surface area is 93.3 Å². The van der Waals surface area contributed by atoms with Gasteiger partial charge in [0.15, 0.2) is 6.29 Å². The molecule has 1 N–H and O–H groups in total. The van der Waals surface area contributed by atoms with Gasteiger partial charge in [0.1, 0.15) is 0 Å². The lowest BCUT2D eigenvalue weighted by Gasteiger charge is -2.09. The molecule has 2 heterocycles. The summed E-state index contributed by atoms with van der Waals surface area (Å²) in [6, 6.07) is 0. The van der Waals surface area contributed by atoms with Gasteiger partial charge in [-0.1, -0.05) is 11.6 Å². The predicted octanol–water partition coefficient (Wildman–Crippen LogP) is 0.536. The topological polar surface area (TPSA) is 48.3 Å². The van der Waals surface area contributed by atoms with Gasteiger partial charge in [-0.3, -0.25) is 4.68 Å². The molecule has 0 radical (unpaired) electrons. The molecule has 84 valence electrons. The van der Waals surface area contributed by atoms with E-state index in [1.165, 1.54) is 0 Å². The molecule has 1 aromatic rings. The Kier molecular flexibility index (Phi) is 3.58. The molecule has 0 bridgehead atoms. The minimum atomic E-state index is -0.132. The number of nitrogens with zero attached hydrogens (tertiary/aromatic N) is 2. The highest BCUT2D eigenvalue weighted by Gasteiger charge is 2.15. The van der Waals surface area contributed by atoms with E-state index < -0.39 is 0 Å². The summed E-state index contributed by atoms with van der Waals surface area (Å²) in [5.41, 5.74) is 0.845. The van der Waals surface area contributed by atoms with Crippen molar-refractivity contribution in [2.75, 3.05) is 19.8 Å². The van der Waals surface area contributed by atoms with E-state index in [0.29, 0.717) is 31.3 Å². The van der Waals surface area contributed by atoms with Crippen molar-refractivity contribution < 1.29 is 9.47 Å². The molecule has 0 aromatic carbocycles. The molecule has 1 aliphatic heterocycles. The molecule has 1 aliphatic rings. The molecule has 0 unspecified atom stereocenters. The molecule has 0 aliphatic carbocycles. The summed E-state index contributed by atoms with van der Waals surface area (Å²) in [7, 11) is 1.85. The highest BCUT2D eigenvalue weighted by atomic mass is 35.5. The number of ether oxygens (including phenoxy) is 2. The van der Waals surface area contributed by atoms with Crippen LogP contribution in [0.25, 0.3) is 0 Å². The molecule has 0 atom stereocenters. The van der Waals surface area contributed by atoms with Crippen molar-refractivity contribution in [3.8, 4) is 0 Å².